The van der Waals surface area contributed by atoms with Crippen molar-refractivity contribution >= 4 is 5.97 Å². The van der Waals surface area contributed by atoms with E-state index in [-0.39, 0.29) is 11.9 Å². The van der Waals surface area contributed by atoms with Crippen molar-refractivity contribution in [1.82, 2.24) is 0 Å². The fourth-order valence-electron chi connectivity index (χ4n) is 5.37. The second kappa shape index (κ2) is 22.7. The molecule has 47 heavy (non-hydrogen) atoms. The number of hydrogen-bond donors (Lipinski definition) is 0. The summed E-state index contributed by atoms with van der Waals surface area (Å²) in [5.74, 6) is 6.62. The summed E-state index contributed by atoms with van der Waals surface area (Å²) >= 11 is 0. The Kier molecular flexibility index (Phi) is 18.2. The van der Waals surface area contributed by atoms with Crippen molar-refractivity contribution in [3.63, 3.8) is 0 Å². The zero-order valence-electron chi connectivity index (χ0n) is 29.0. The van der Waals surface area contributed by atoms with Gasteiger partial charge in [0.05, 0.1) is 18.3 Å². The highest BCUT2D eigenvalue weighted by Gasteiger charge is 2.10. The Labute approximate surface area is 283 Å². The molecule has 5 heteroatoms. The van der Waals surface area contributed by atoms with Gasteiger partial charge in [-0.25, -0.2) is 9.18 Å². The van der Waals surface area contributed by atoms with Gasteiger partial charge in [-0.2, -0.15) is 0 Å². The molecule has 0 saturated heterocycles. The minimum atomic E-state index is -0.436. The standard InChI is InChI=1S/C42H55FO4/c1-4-6-8-10-11-12-13-14-15-16-18-32-45-38-29-25-37(26-30-38)42(44)47-39-27-22-35(23-28-39)20-21-36-24-31-41(40(43)33-36)46-34(3)19-17-9-7-5-2/h22-31,33-34H,4-19,32H2,1-3H3. The lowest BCUT2D eigenvalue weighted by atomic mass is 10.1. The highest BCUT2D eigenvalue weighted by atomic mass is 19.1. The first-order chi connectivity index (χ1) is 23.0. The van der Waals surface area contributed by atoms with Crippen LogP contribution in [0.2, 0.25) is 0 Å². The van der Waals surface area contributed by atoms with Crippen LogP contribution in [0.25, 0.3) is 0 Å². The number of unbranched alkanes of at least 4 members (excludes halogenated alkanes) is 13. The van der Waals surface area contributed by atoms with Gasteiger partial charge in [0.1, 0.15) is 11.5 Å². The van der Waals surface area contributed by atoms with Crippen molar-refractivity contribution in [2.45, 2.75) is 130 Å². The highest BCUT2D eigenvalue weighted by Crippen LogP contribution is 2.22. The maximum absolute atomic E-state index is 14.6. The molecule has 254 valence electrons. The van der Waals surface area contributed by atoms with Gasteiger partial charge in [0.2, 0.25) is 0 Å². The van der Waals surface area contributed by atoms with Gasteiger partial charge >= 0.3 is 5.97 Å². The summed E-state index contributed by atoms with van der Waals surface area (Å²) in [5, 5.41) is 0. The van der Waals surface area contributed by atoms with Gasteiger partial charge in [0.25, 0.3) is 0 Å². The maximum atomic E-state index is 14.6. The lowest BCUT2D eigenvalue weighted by molar-refractivity contribution is 0.0734. The van der Waals surface area contributed by atoms with Crippen molar-refractivity contribution in [3.05, 3.63) is 89.2 Å². The van der Waals surface area contributed by atoms with Crippen molar-refractivity contribution in [2.24, 2.45) is 0 Å². The van der Waals surface area contributed by atoms with E-state index >= 15 is 0 Å². The normalized spacial score (nSPS) is 11.4. The summed E-state index contributed by atoms with van der Waals surface area (Å²) in [5.41, 5.74) is 1.74. The largest absolute Gasteiger partial charge is 0.494 e. The van der Waals surface area contributed by atoms with Gasteiger partial charge in [-0.3, -0.25) is 0 Å². The second-order valence-corrected chi connectivity index (χ2v) is 12.5. The van der Waals surface area contributed by atoms with Crippen LogP contribution in [-0.4, -0.2) is 18.7 Å². The van der Waals surface area contributed by atoms with Crippen molar-refractivity contribution in [3.8, 4) is 29.1 Å². The Morgan fingerprint density at radius 2 is 1.19 bits per heavy atom. The third kappa shape index (κ3) is 15.6. The van der Waals surface area contributed by atoms with Crippen molar-refractivity contribution in [2.75, 3.05) is 6.61 Å². The van der Waals surface area contributed by atoms with Crippen LogP contribution in [0.3, 0.4) is 0 Å². The van der Waals surface area contributed by atoms with Crippen LogP contribution >= 0.6 is 0 Å². The first-order valence-corrected chi connectivity index (χ1v) is 18.0. The minimum absolute atomic E-state index is 0.0341. The minimum Gasteiger partial charge on any atom is -0.494 e. The molecular weight excluding hydrogens is 587 g/mol. The predicted molar refractivity (Wildman–Crippen MR) is 191 cm³/mol. The summed E-state index contributed by atoms with van der Waals surface area (Å²) in [6, 6.07) is 18.8. The Balaban J connectivity index is 1.35. The van der Waals surface area contributed by atoms with Crippen molar-refractivity contribution in [1.29, 1.82) is 0 Å². The van der Waals surface area contributed by atoms with Crippen LogP contribution in [0, 0.1) is 17.7 Å². The average Bonchev–Trinajstić information content (AvgIpc) is 3.08. The van der Waals surface area contributed by atoms with E-state index in [4.69, 9.17) is 14.2 Å². The fraction of sp³-hybridized carbons (Fsp3) is 0.500. The van der Waals surface area contributed by atoms with E-state index in [1.54, 1.807) is 48.5 Å². The molecule has 0 aromatic heterocycles. The molecule has 0 heterocycles. The number of ether oxygens (including phenoxy) is 3. The topological polar surface area (TPSA) is 44.8 Å². The molecule has 0 aliphatic carbocycles. The zero-order valence-corrected chi connectivity index (χ0v) is 29.0. The molecule has 0 aliphatic heterocycles. The van der Waals surface area contributed by atoms with Crippen LogP contribution in [0.5, 0.6) is 17.2 Å². The predicted octanol–water partition coefficient (Wildman–Crippen LogP) is 11.9. The summed E-state index contributed by atoms with van der Waals surface area (Å²) in [6.45, 7) is 7.11. The second-order valence-electron chi connectivity index (χ2n) is 12.5. The molecule has 0 spiro atoms. The van der Waals surface area contributed by atoms with Gasteiger partial charge in [0.15, 0.2) is 11.6 Å². The van der Waals surface area contributed by atoms with Gasteiger partial charge in [0, 0.05) is 11.1 Å². The SMILES string of the molecule is CCCCCCCCCCCCCOc1ccc(C(=O)Oc2ccc(C#Cc3ccc(OC(C)CCCCCC)c(F)c3)cc2)cc1. The molecule has 0 N–H and O–H groups in total. The molecule has 0 fully saturated rings. The molecule has 1 atom stereocenters. The molecule has 0 aliphatic rings. The fourth-order valence-corrected chi connectivity index (χ4v) is 5.37. The lowest BCUT2D eigenvalue weighted by Crippen LogP contribution is -2.12. The average molecular weight is 643 g/mol. The molecule has 3 aromatic carbocycles. The molecule has 4 nitrogen and oxygen atoms in total. The molecule has 3 rings (SSSR count). The van der Waals surface area contributed by atoms with Crippen LogP contribution in [0.4, 0.5) is 4.39 Å². The monoisotopic (exact) mass is 642 g/mol. The lowest BCUT2D eigenvalue weighted by Gasteiger charge is -2.15. The van der Waals surface area contributed by atoms with Crippen LogP contribution < -0.4 is 14.2 Å². The zero-order chi connectivity index (χ0) is 33.5. The molecule has 0 bridgehead atoms. The number of carbonyl (C=O) groups excluding carboxylic acids is 1. The first kappa shape index (κ1) is 37.7. The van der Waals surface area contributed by atoms with E-state index < -0.39 is 11.8 Å². The Bertz CT molecular complexity index is 1350. The van der Waals surface area contributed by atoms with Gasteiger partial charge in [-0.15, -0.1) is 0 Å². The van der Waals surface area contributed by atoms with Gasteiger partial charge in [-0.05, 0) is 92.9 Å². The smallest absolute Gasteiger partial charge is 0.343 e. The molecule has 1 unspecified atom stereocenters. The van der Waals surface area contributed by atoms with E-state index in [1.807, 2.05) is 19.1 Å². The first-order valence-electron chi connectivity index (χ1n) is 18.0. The number of carbonyl (C=O) groups is 1. The van der Waals surface area contributed by atoms with Crippen LogP contribution in [0.1, 0.15) is 145 Å². The molecule has 0 saturated carbocycles. The number of halogens is 1. The highest BCUT2D eigenvalue weighted by molar-refractivity contribution is 5.91. The summed E-state index contributed by atoms with van der Waals surface area (Å²) in [7, 11) is 0. The van der Waals surface area contributed by atoms with E-state index in [1.165, 1.54) is 89.5 Å². The summed E-state index contributed by atoms with van der Waals surface area (Å²) < 4.78 is 31.8. The molecule has 3 aromatic rings. The third-order valence-electron chi connectivity index (χ3n) is 8.25. The Morgan fingerprint density at radius 1 is 0.660 bits per heavy atom. The van der Waals surface area contributed by atoms with Crippen LogP contribution in [-0.2, 0) is 0 Å². The number of rotatable bonds is 22. The van der Waals surface area contributed by atoms with Crippen molar-refractivity contribution < 1.29 is 23.4 Å². The molecule has 0 radical (unpaired) electrons. The van der Waals surface area contributed by atoms with E-state index in [0.29, 0.717) is 23.5 Å². The third-order valence-corrected chi connectivity index (χ3v) is 8.25. The number of benzene rings is 3. The van der Waals surface area contributed by atoms with E-state index in [0.717, 1.165) is 30.6 Å². The van der Waals surface area contributed by atoms with E-state index in [9.17, 15) is 9.18 Å². The number of esters is 1. The summed E-state index contributed by atoms with van der Waals surface area (Å²) in [6.07, 6.45) is 19.9. The van der Waals surface area contributed by atoms with Gasteiger partial charge in [-0.1, -0.05) is 109 Å². The van der Waals surface area contributed by atoms with Gasteiger partial charge < -0.3 is 14.2 Å². The summed E-state index contributed by atoms with van der Waals surface area (Å²) in [4.78, 5) is 12.7. The Hall–Kier alpha value is -3.78. The Morgan fingerprint density at radius 3 is 1.81 bits per heavy atom. The van der Waals surface area contributed by atoms with Crippen LogP contribution in [0.15, 0.2) is 66.7 Å². The maximum Gasteiger partial charge on any atom is 0.343 e. The van der Waals surface area contributed by atoms with E-state index in [2.05, 4.69) is 25.7 Å². The quantitative estimate of drug-likeness (QED) is 0.0473. The number of hydrogen-bond acceptors (Lipinski definition) is 4. The molecule has 0 amide bonds. The molecular formula is C42H55FO4.